The van der Waals surface area contributed by atoms with Crippen molar-refractivity contribution in [2.45, 2.75) is 19.0 Å². The van der Waals surface area contributed by atoms with Crippen molar-refractivity contribution in [2.75, 3.05) is 11.4 Å². The maximum absolute atomic E-state index is 13.8. The molecule has 124 valence electrons. The minimum Gasteiger partial charge on any atom is -0.339 e. The fraction of sp³-hybridized carbons (Fsp3) is 0.250. The Balaban J connectivity index is 2.11. The molecule has 0 fully saturated rings. The molecule has 0 saturated heterocycles. The Hall–Kier alpha value is -2.69. The summed E-state index contributed by atoms with van der Waals surface area (Å²) in [6.45, 7) is 0.361. The molecule has 2 aromatic rings. The van der Waals surface area contributed by atoms with Crippen LogP contribution < -0.4 is 4.90 Å². The number of hydrogen-bond acceptors (Lipinski definition) is 3. The molecule has 0 saturated carbocycles. The summed E-state index contributed by atoms with van der Waals surface area (Å²) in [6.07, 6.45) is -2.87. The van der Waals surface area contributed by atoms with Crippen molar-refractivity contribution in [1.82, 2.24) is 4.98 Å². The number of nitrogens with zero attached hydrogens (tertiary/aromatic N) is 3. The summed E-state index contributed by atoms with van der Waals surface area (Å²) in [5, 5.41) is 9.21. The number of nitriles is 1. The lowest BCUT2D eigenvalue weighted by Gasteiger charge is -2.32. The van der Waals surface area contributed by atoms with Gasteiger partial charge < -0.3 is 4.90 Å². The monoisotopic (exact) mass is 339 g/mol. The highest BCUT2D eigenvalue weighted by atomic mass is 19.4. The largest absolute Gasteiger partial charge is 0.436 e. The number of fused-ring (bicyclic) bond motifs is 1. The lowest BCUT2D eigenvalue weighted by molar-refractivity contribution is -0.143. The highest BCUT2D eigenvalue weighted by Crippen LogP contribution is 2.38. The number of hydrogen-bond donors (Lipinski definition) is 0. The van der Waals surface area contributed by atoms with E-state index in [2.05, 4.69) is 4.98 Å². The van der Waals surface area contributed by atoms with E-state index in [4.69, 9.17) is 0 Å². The number of aryl methyl sites for hydroxylation is 1. The molecule has 1 aromatic heterocycles. The molecule has 0 bridgehead atoms. The van der Waals surface area contributed by atoms with E-state index in [9.17, 15) is 27.2 Å². The average Bonchev–Trinajstić information content (AvgIpc) is 2.51. The second kappa shape index (κ2) is 5.74. The molecular formula is C16H10F5N3. The first-order chi connectivity index (χ1) is 11.3. The zero-order valence-electron chi connectivity index (χ0n) is 12.2. The van der Waals surface area contributed by atoms with Gasteiger partial charge in [-0.2, -0.15) is 18.4 Å². The molecule has 0 aliphatic carbocycles. The summed E-state index contributed by atoms with van der Waals surface area (Å²) in [5.74, 6) is -2.06. The molecule has 3 rings (SSSR count). The van der Waals surface area contributed by atoms with Crippen molar-refractivity contribution in [3.63, 3.8) is 0 Å². The smallest absolute Gasteiger partial charge is 0.339 e. The third-order valence-electron chi connectivity index (χ3n) is 3.78. The second-order valence-corrected chi connectivity index (χ2v) is 5.35. The van der Waals surface area contributed by atoms with Gasteiger partial charge in [0.05, 0.1) is 23.1 Å². The third-order valence-corrected chi connectivity index (χ3v) is 3.78. The van der Waals surface area contributed by atoms with Gasteiger partial charge in [0.15, 0.2) is 11.5 Å². The van der Waals surface area contributed by atoms with Crippen LogP contribution in [-0.4, -0.2) is 11.5 Å². The number of anilines is 2. The second-order valence-electron chi connectivity index (χ2n) is 5.35. The van der Waals surface area contributed by atoms with Crippen LogP contribution in [0.5, 0.6) is 0 Å². The van der Waals surface area contributed by atoms with Crippen LogP contribution in [0, 0.1) is 23.0 Å². The van der Waals surface area contributed by atoms with Crippen LogP contribution in [0.3, 0.4) is 0 Å². The summed E-state index contributed by atoms with van der Waals surface area (Å²) in [6, 6.07) is 4.92. The van der Waals surface area contributed by atoms with E-state index < -0.39 is 23.5 Å². The molecule has 0 unspecified atom stereocenters. The van der Waals surface area contributed by atoms with Crippen LogP contribution in [0.1, 0.15) is 23.2 Å². The standard InChI is InChI=1S/C16H10F5N3/c17-11-4-9-2-1-3-24(14(9)10(5-11)7-22)12-6-13(18)15(23-8-12)16(19,20)21/h4-6,8H,1-3H2. The van der Waals surface area contributed by atoms with Gasteiger partial charge in [0, 0.05) is 12.6 Å². The molecule has 1 aliphatic heterocycles. The fourth-order valence-electron chi connectivity index (χ4n) is 2.83. The molecule has 3 nitrogen and oxygen atoms in total. The zero-order chi connectivity index (χ0) is 17.5. The predicted octanol–water partition coefficient (Wildman–Crippen LogP) is 4.33. The minimum atomic E-state index is -4.89. The van der Waals surface area contributed by atoms with E-state index in [1.807, 2.05) is 6.07 Å². The van der Waals surface area contributed by atoms with Crippen molar-refractivity contribution >= 4 is 11.4 Å². The highest BCUT2D eigenvalue weighted by molar-refractivity contribution is 5.73. The van der Waals surface area contributed by atoms with E-state index in [0.717, 1.165) is 18.3 Å². The van der Waals surface area contributed by atoms with E-state index in [1.54, 1.807) is 0 Å². The number of halogens is 5. The Labute approximate surface area is 134 Å². The quantitative estimate of drug-likeness (QED) is 0.726. The molecule has 1 aliphatic rings. The number of aromatic nitrogens is 1. The van der Waals surface area contributed by atoms with Crippen molar-refractivity contribution in [3.8, 4) is 6.07 Å². The first kappa shape index (κ1) is 16.2. The van der Waals surface area contributed by atoms with Gasteiger partial charge in [0.1, 0.15) is 11.9 Å². The molecule has 8 heteroatoms. The van der Waals surface area contributed by atoms with Crippen LogP contribution in [0.2, 0.25) is 0 Å². The van der Waals surface area contributed by atoms with Gasteiger partial charge in [-0.05, 0) is 30.5 Å². The molecule has 2 heterocycles. The molecule has 0 atom stereocenters. The van der Waals surface area contributed by atoms with Gasteiger partial charge in [-0.1, -0.05) is 0 Å². The van der Waals surface area contributed by atoms with E-state index in [0.29, 0.717) is 30.6 Å². The van der Waals surface area contributed by atoms with Crippen molar-refractivity contribution in [3.05, 3.63) is 52.9 Å². The van der Waals surface area contributed by atoms with E-state index >= 15 is 0 Å². The van der Waals surface area contributed by atoms with Gasteiger partial charge >= 0.3 is 6.18 Å². The lowest BCUT2D eigenvalue weighted by Crippen LogP contribution is -2.26. The molecule has 0 radical (unpaired) electrons. The normalized spacial score (nSPS) is 14.2. The van der Waals surface area contributed by atoms with Crippen LogP contribution in [0.4, 0.5) is 33.3 Å². The molecule has 1 aromatic carbocycles. The predicted molar refractivity (Wildman–Crippen MR) is 75.6 cm³/mol. The van der Waals surface area contributed by atoms with Crippen LogP contribution >= 0.6 is 0 Å². The van der Waals surface area contributed by atoms with Gasteiger partial charge in [-0.3, -0.25) is 0 Å². The summed E-state index contributed by atoms with van der Waals surface area (Å²) in [4.78, 5) is 4.67. The van der Waals surface area contributed by atoms with Gasteiger partial charge in [-0.25, -0.2) is 13.8 Å². The Morgan fingerprint density at radius 1 is 1.17 bits per heavy atom. The third kappa shape index (κ3) is 2.77. The number of benzene rings is 1. The molecule has 0 spiro atoms. The van der Waals surface area contributed by atoms with Crippen LogP contribution in [-0.2, 0) is 12.6 Å². The van der Waals surface area contributed by atoms with Gasteiger partial charge in [0.25, 0.3) is 0 Å². The zero-order valence-corrected chi connectivity index (χ0v) is 12.2. The summed E-state index contributed by atoms with van der Waals surface area (Å²) < 4.78 is 65.2. The summed E-state index contributed by atoms with van der Waals surface area (Å²) in [5.41, 5.74) is -0.526. The summed E-state index contributed by atoms with van der Waals surface area (Å²) >= 11 is 0. The minimum absolute atomic E-state index is 0.0463. The van der Waals surface area contributed by atoms with Crippen LogP contribution in [0.15, 0.2) is 24.4 Å². The number of alkyl halides is 3. The van der Waals surface area contributed by atoms with Gasteiger partial charge in [0.2, 0.25) is 0 Å². The summed E-state index contributed by atoms with van der Waals surface area (Å²) in [7, 11) is 0. The van der Waals surface area contributed by atoms with Crippen molar-refractivity contribution in [2.24, 2.45) is 0 Å². The topological polar surface area (TPSA) is 39.9 Å². The first-order valence-electron chi connectivity index (χ1n) is 7.04. The first-order valence-corrected chi connectivity index (χ1v) is 7.04. The Morgan fingerprint density at radius 2 is 1.92 bits per heavy atom. The van der Waals surface area contributed by atoms with Crippen molar-refractivity contribution in [1.29, 1.82) is 5.26 Å². The lowest BCUT2D eigenvalue weighted by atomic mass is 9.97. The molecule has 0 amide bonds. The SMILES string of the molecule is N#Cc1cc(F)cc2c1N(c1cnc(C(F)(F)F)c(F)c1)CCC2. The van der Waals surface area contributed by atoms with Crippen LogP contribution in [0.25, 0.3) is 0 Å². The number of pyridine rings is 1. The maximum atomic E-state index is 13.8. The van der Waals surface area contributed by atoms with Gasteiger partial charge in [-0.15, -0.1) is 0 Å². The maximum Gasteiger partial charge on any atom is 0.436 e. The van der Waals surface area contributed by atoms with Crippen molar-refractivity contribution < 1.29 is 22.0 Å². The van der Waals surface area contributed by atoms with E-state index in [1.165, 1.54) is 11.0 Å². The molecule has 24 heavy (non-hydrogen) atoms. The average molecular weight is 339 g/mol. The van der Waals surface area contributed by atoms with E-state index in [-0.39, 0.29) is 11.3 Å². The highest BCUT2D eigenvalue weighted by Gasteiger charge is 2.36. The Bertz CT molecular complexity index is 839. The molecular weight excluding hydrogens is 329 g/mol. The number of rotatable bonds is 1. The molecule has 0 N–H and O–H groups in total. The fourth-order valence-corrected chi connectivity index (χ4v) is 2.83. The Kier molecular flexibility index (Phi) is 3.87. The Morgan fingerprint density at radius 3 is 2.54 bits per heavy atom.